The summed E-state index contributed by atoms with van der Waals surface area (Å²) < 4.78 is 73.7. The predicted octanol–water partition coefficient (Wildman–Crippen LogP) is 4.10. The fourth-order valence-corrected chi connectivity index (χ4v) is 2.44. The van der Waals surface area contributed by atoms with Gasteiger partial charge in [-0.1, -0.05) is 19.1 Å². The summed E-state index contributed by atoms with van der Waals surface area (Å²) in [5.41, 5.74) is -1.22. The standard InChI is InChI=1S/C15H9F5O3/c1-7-10(5-8(6-11(7)21)14(16,17)18)9-3-2-4-12-13(9)23-15(19,20)22-12/h2-7H,1H3. The minimum atomic E-state index is -4.72. The van der Waals surface area contributed by atoms with Crippen LogP contribution < -0.4 is 9.47 Å². The van der Waals surface area contributed by atoms with Crippen LogP contribution >= 0.6 is 0 Å². The highest BCUT2D eigenvalue weighted by Crippen LogP contribution is 2.48. The Morgan fingerprint density at radius 3 is 2.48 bits per heavy atom. The fraction of sp³-hybridized carbons (Fsp3) is 0.267. The zero-order valence-corrected chi connectivity index (χ0v) is 11.6. The number of benzene rings is 1. The van der Waals surface area contributed by atoms with E-state index in [9.17, 15) is 26.7 Å². The van der Waals surface area contributed by atoms with Crippen LogP contribution in [0.2, 0.25) is 0 Å². The topological polar surface area (TPSA) is 35.5 Å². The lowest BCUT2D eigenvalue weighted by molar-refractivity contribution is -0.286. The first-order valence-corrected chi connectivity index (χ1v) is 6.52. The molecule has 3 rings (SSSR count). The molecule has 1 unspecified atom stereocenters. The Morgan fingerprint density at radius 1 is 1.13 bits per heavy atom. The molecule has 1 atom stereocenters. The summed E-state index contributed by atoms with van der Waals surface area (Å²) in [5, 5.41) is 0. The minimum Gasteiger partial charge on any atom is -0.395 e. The van der Waals surface area contributed by atoms with Crippen LogP contribution in [-0.4, -0.2) is 18.3 Å². The molecule has 1 aromatic carbocycles. The quantitative estimate of drug-likeness (QED) is 0.727. The van der Waals surface area contributed by atoms with Gasteiger partial charge in [0.15, 0.2) is 17.3 Å². The molecule has 0 saturated carbocycles. The van der Waals surface area contributed by atoms with Gasteiger partial charge in [0.1, 0.15) is 0 Å². The highest BCUT2D eigenvalue weighted by Gasteiger charge is 2.45. The normalized spacial score (nSPS) is 22.7. The van der Waals surface area contributed by atoms with Crippen LogP contribution in [0.15, 0.2) is 35.9 Å². The van der Waals surface area contributed by atoms with Crippen molar-refractivity contribution in [2.75, 3.05) is 0 Å². The van der Waals surface area contributed by atoms with Gasteiger partial charge in [-0.3, -0.25) is 4.79 Å². The Morgan fingerprint density at radius 2 is 1.83 bits per heavy atom. The van der Waals surface area contributed by atoms with Crippen molar-refractivity contribution in [2.45, 2.75) is 19.4 Å². The highest BCUT2D eigenvalue weighted by atomic mass is 19.4. The van der Waals surface area contributed by atoms with Gasteiger partial charge in [0.25, 0.3) is 0 Å². The third-order valence-electron chi connectivity index (χ3n) is 3.57. The monoisotopic (exact) mass is 332 g/mol. The number of hydrogen-bond acceptors (Lipinski definition) is 3. The Labute approximate surface area is 127 Å². The van der Waals surface area contributed by atoms with Gasteiger partial charge >= 0.3 is 12.5 Å². The molecule has 1 heterocycles. The average molecular weight is 332 g/mol. The number of alkyl halides is 5. The molecule has 1 aliphatic heterocycles. The van der Waals surface area contributed by atoms with Gasteiger partial charge in [0.2, 0.25) is 0 Å². The van der Waals surface area contributed by atoms with E-state index in [4.69, 9.17) is 0 Å². The van der Waals surface area contributed by atoms with Crippen molar-refractivity contribution in [3.05, 3.63) is 41.5 Å². The third kappa shape index (κ3) is 2.69. The number of hydrogen-bond donors (Lipinski definition) is 0. The number of carbonyl (C=O) groups excluding carboxylic acids is 1. The Bertz CT molecular complexity index is 746. The number of para-hydroxylation sites is 1. The first-order chi connectivity index (χ1) is 10.6. The zero-order valence-electron chi connectivity index (χ0n) is 11.6. The second-order valence-corrected chi connectivity index (χ2v) is 5.12. The molecule has 1 aliphatic carbocycles. The van der Waals surface area contributed by atoms with E-state index in [-0.39, 0.29) is 22.6 Å². The van der Waals surface area contributed by atoms with Gasteiger partial charge in [-0.15, -0.1) is 8.78 Å². The number of ether oxygens (including phenoxy) is 2. The maximum absolute atomic E-state index is 13.2. The molecule has 1 aromatic rings. The summed E-state index contributed by atoms with van der Waals surface area (Å²) in [6.07, 6.45) is -7.35. The van der Waals surface area contributed by atoms with Gasteiger partial charge < -0.3 is 9.47 Å². The van der Waals surface area contributed by atoms with Crippen LogP contribution in [-0.2, 0) is 4.79 Å². The molecule has 2 aliphatic rings. The number of fused-ring (bicyclic) bond motifs is 1. The molecule has 0 spiro atoms. The van der Waals surface area contributed by atoms with Crippen LogP contribution in [0.1, 0.15) is 12.5 Å². The van der Waals surface area contributed by atoms with E-state index in [1.165, 1.54) is 25.1 Å². The summed E-state index contributed by atoms with van der Waals surface area (Å²) in [6, 6.07) is 3.84. The maximum atomic E-state index is 13.2. The summed E-state index contributed by atoms with van der Waals surface area (Å²) in [6.45, 7) is 1.39. The first-order valence-electron chi connectivity index (χ1n) is 6.52. The largest absolute Gasteiger partial charge is 0.586 e. The lowest BCUT2D eigenvalue weighted by Crippen LogP contribution is -2.26. The molecule has 0 aromatic heterocycles. The molecule has 0 radical (unpaired) electrons. The van der Waals surface area contributed by atoms with Crippen LogP contribution in [0.3, 0.4) is 0 Å². The molecular formula is C15H9F5O3. The van der Waals surface area contributed by atoms with Gasteiger partial charge in [-0.25, -0.2) is 0 Å². The lowest BCUT2D eigenvalue weighted by Gasteiger charge is -2.21. The SMILES string of the molecule is CC1C(=O)C=C(C(F)(F)F)C=C1c1cccc2c1OC(F)(F)O2. The molecule has 0 amide bonds. The summed E-state index contributed by atoms with van der Waals surface area (Å²) in [4.78, 5) is 11.8. The van der Waals surface area contributed by atoms with Crippen molar-refractivity contribution in [1.29, 1.82) is 0 Å². The lowest BCUT2D eigenvalue weighted by atomic mass is 9.84. The minimum absolute atomic E-state index is 0.0321. The van der Waals surface area contributed by atoms with E-state index >= 15 is 0 Å². The molecule has 8 heteroatoms. The second-order valence-electron chi connectivity index (χ2n) is 5.12. The Kier molecular flexibility index (Phi) is 3.24. The number of halogens is 5. The predicted molar refractivity (Wildman–Crippen MR) is 68.9 cm³/mol. The van der Waals surface area contributed by atoms with Gasteiger partial charge in [-0.05, 0) is 23.8 Å². The average Bonchev–Trinajstić information content (AvgIpc) is 2.74. The Hall–Kier alpha value is -2.38. The van der Waals surface area contributed by atoms with Crippen molar-refractivity contribution in [2.24, 2.45) is 5.92 Å². The van der Waals surface area contributed by atoms with Crippen molar-refractivity contribution >= 4 is 11.4 Å². The van der Waals surface area contributed by atoms with Crippen molar-refractivity contribution in [3.8, 4) is 11.5 Å². The first kappa shape index (κ1) is 15.5. The van der Waals surface area contributed by atoms with E-state index < -0.39 is 29.7 Å². The van der Waals surface area contributed by atoms with Crippen LogP contribution in [0, 0.1) is 5.92 Å². The summed E-state index contributed by atoms with van der Waals surface area (Å²) >= 11 is 0. The van der Waals surface area contributed by atoms with Gasteiger partial charge in [-0.2, -0.15) is 13.2 Å². The van der Waals surface area contributed by atoms with E-state index in [2.05, 4.69) is 9.47 Å². The van der Waals surface area contributed by atoms with Crippen molar-refractivity contribution in [3.63, 3.8) is 0 Å². The van der Waals surface area contributed by atoms with Gasteiger partial charge in [0, 0.05) is 11.5 Å². The molecular weight excluding hydrogens is 323 g/mol. The number of ketones is 1. The zero-order chi connectivity index (χ0) is 17.0. The van der Waals surface area contributed by atoms with Crippen LogP contribution in [0.4, 0.5) is 22.0 Å². The van der Waals surface area contributed by atoms with E-state index in [0.29, 0.717) is 6.08 Å². The molecule has 0 fully saturated rings. The van der Waals surface area contributed by atoms with Crippen LogP contribution in [0.5, 0.6) is 11.5 Å². The van der Waals surface area contributed by atoms with Crippen LogP contribution in [0.25, 0.3) is 5.57 Å². The number of carbonyl (C=O) groups is 1. The molecule has 3 nitrogen and oxygen atoms in total. The molecule has 0 bridgehead atoms. The summed E-state index contributed by atoms with van der Waals surface area (Å²) in [7, 11) is 0. The van der Waals surface area contributed by atoms with Crippen molar-refractivity contribution in [1.82, 2.24) is 0 Å². The smallest absolute Gasteiger partial charge is 0.395 e. The molecule has 0 N–H and O–H groups in total. The fourth-order valence-electron chi connectivity index (χ4n) is 2.44. The highest BCUT2D eigenvalue weighted by molar-refractivity contribution is 6.04. The molecule has 0 saturated heterocycles. The van der Waals surface area contributed by atoms with Gasteiger partial charge in [0.05, 0.1) is 5.57 Å². The van der Waals surface area contributed by atoms with Crippen molar-refractivity contribution < 1.29 is 36.2 Å². The number of allylic oxidation sites excluding steroid dienone is 4. The third-order valence-corrected chi connectivity index (χ3v) is 3.57. The Balaban J connectivity index is 2.13. The van der Waals surface area contributed by atoms with E-state index in [1.54, 1.807) is 0 Å². The molecule has 122 valence electrons. The second kappa shape index (κ2) is 4.81. The summed E-state index contributed by atoms with van der Waals surface area (Å²) in [5.74, 6) is -2.37. The maximum Gasteiger partial charge on any atom is 0.586 e. The number of rotatable bonds is 1. The van der Waals surface area contributed by atoms with E-state index in [1.807, 2.05) is 0 Å². The molecule has 23 heavy (non-hydrogen) atoms. The van der Waals surface area contributed by atoms with E-state index in [0.717, 1.165) is 6.08 Å².